The molecule has 0 amide bonds. The van der Waals surface area contributed by atoms with E-state index < -0.39 is 26.7 Å². The summed E-state index contributed by atoms with van der Waals surface area (Å²) in [6.45, 7) is 16.8. The van der Waals surface area contributed by atoms with E-state index in [1.54, 1.807) is 0 Å². The molecule has 1 rings (SSSR count). The van der Waals surface area contributed by atoms with Crippen molar-refractivity contribution in [2.24, 2.45) is 0 Å². The summed E-state index contributed by atoms with van der Waals surface area (Å²) in [4.78, 5) is 11.8. The van der Waals surface area contributed by atoms with Gasteiger partial charge in [0.1, 0.15) is 0 Å². The van der Waals surface area contributed by atoms with Crippen LogP contribution in [0.2, 0.25) is 33.0 Å². The zero-order valence-corrected chi connectivity index (χ0v) is 19.5. The topological polar surface area (TPSA) is 27.1 Å². The molecule has 0 radical (unpaired) electrons. The summed E-state index contributed by atoms with van der Waals surface area (Å²) in [6, 6.07) is 0. The predicted octanol–water partition coefficient (Wildman–Crippen LogP) is 4.23. The molecule has 122 valence electrons. The van der Waals surface area contributed by atoms with Crippen molar-refractivity contribution in [1.82, 2.24) is 9.55 Å². The van der Waals surface area contributed by atoms with Crippen molar-refractivity contribution in [3.63, 3.8) is 0 Å². The molecule has 5 heteroatoms. The zero-order valence-electron chi connectivity index (χ0n) is 15.7. The monoisotopic (exact) mass is 418 g/mol. The second-order valence-electron chi connectivity index (χ2n) is 9.30. The Bertz CT molecular complexity index is 481. The van der Waals surface area contributed by atoms with E-state index in [-0.39, 0.29) is 10.6 Å². The van der Waals surface area contributed by atoms with Gasteiger partial charge in [0.15, 0.2) is 0 Å². The van der Waals surface area contributed by atoms with Crippen LogP contribution in [0.5, 0.6) is 0 Å². The van der Waals surface area contributed by atoms with E-state index in [1.807, 2.05) is 6.33 Å². The Hall–Kier alpha value is 0.186. The first kappa shape index (κ1) is 19.2. The maximum absolute atomic E-state index is 6.60. The zero-order chi connectivity index (χ0) is 16.7. The van der Waals surface area contributed by atoms with Gasteiger partial charge in [-0.15, -0.1) is 0 Å². The first-order valence-corrected chi connectivity index (χ1v) is 20.8. The van der Waals surface area contributed by atoms with E-state index >= 15 is 0 Å². The molecule has 1 aromatic heterocycles. The van der Waals surface area contributed by atoms with Gasteiger partial charge >= 0.3 is 137 Å². The number of rotatable bonds is 5. The van der Waals surface area contributed by atoms with Crippen LogP contribution in [0.15, 0.2) is 12.5 Å². The molecule has 0 unspecified atom stereocenters. The Balaban J connectivity index is 2.84. The van der Waals surface area contributed by atoms with E-state index in [1.165, 1.54) is 3.71 Å². The van der Waals surface area contributed by atoms with E-state index in [0.29, 0.717) is 0 Å². The Morgan fingerprint density at radius 2 is 1.67 bits per heavy atom. The third-order valence-electron chi connectivity index (χ3n) is 4.30. The van der Waals surface area contributed by atoms with Gasteiger partial charge in [-0.3, -0.25) is 0 Å². The fraction of sp³-hybridized carbons (Fsp3) is 0.812. The van der Waals surface area contributed by atoms with Crippen molar-refractivity contribution in [3.05, 3.63) is 12.5 Å². The third-order valence-corrected chi connectivity index (χ3v) is 14.1. The van der Waals surface area contributed by atoms with Crippen LogP contribution in [0.25, 0.3) is 0 Å². The molecule has 3 nitrogen and oxygen atoms in total. The molecule has 1 heterocycles. The third kappa shape index (κ3) is 5.39. The van der Waals surface area contributed by atoms with Gasteiger partial charge in [0.05, 0.1) is 0 Å². The summed E-state index contributed by atoms with van der Waals surface area (Å²) in [6.07, 6.45) is 4.22. The quantitative estimate of drug-likeness (QED) is 0.671. The van der Waals surface area contributed by atoms with Gasteiger partial charge in [-0.05, 0) is 0 Å². The van der Waals surface area contributed by atoms with Crippen LogP contribution in [-0.4, -0.2) is 41.8 Å². The fourth-order valence-electron chi connectivity index (χ4n) is 2.15. The van der Waals surface area contributed by atoms with Crippen molar-refractivity contribution in [3.8, 4) is 0 Å². The molecule has 0 aromatic carbocycles. The van der Waals surface area contributed by atoms with Crippen LogP contribution in [-0.2, 0) is 11.0 Å². The molecule has 21 heavy (non-hydrogen) atoms. The Kier molecular flexibility index (Phi) is 5.50. The van der Waals surface area contributed by atoms with Crippen molar-refractivity contribution in [1.29, 1.82) is 0 Å². The van der Waals surface area contributed by atoms with Crippen LogP contribution in [0.3, 0.4) is 0 Å². The first-order valence-electron chi connectivity index (χ1n) is 7.86. The van der Waals surface area contributed by atoms with E-state index in [2.05, 4.69) is 78.3 Å². The molecule has 0 aliphatic rings. The van der Waals surface area contributed by atoms with E-state index in [0.717, 1.165) is 6.54 Å². The number of nitrogens with zero attached hydrogens (tertiary/aromatic N) is 2. The molecule has 0 aliphatic carbocycles. The Morgan fingerprint density at radius 3 is 2.05 bits per heavy atom. The molecule has 0 bridgehead atoms. The molecular weight excluding hydrogens is 383 g/mol. The van der Waals surface area contributed by atoms with Crippen molar-refractivity contribution in [2.45, 2.75) is 79.7 Å². The summed E-state index contributed by atoms with van der Waals surface area (Å²) in [7, 11) is -1.74. The van der Waals surface area contributed by atoms with Crippen LogP contribution in [0.1, 0.15) is 34.6 Å². The summed E-state index contributed by atoms with van der Waals surface area (Å²) in [5.74, 6) is 0. The Labute approximate surface area is 136 Å². The number of imidazole rings is 1. The molecule has 0 aliphatic heterocycles. The summed E-state index contributed by atoms with van der Waals surface area (Å²) >= 11 is -2.06. The standard InChI is InChI=1S/C13H25N2OSi.3CH3.Sn/c1-12(2,3)17(6,7)16-13(4,5)10-15-9-8-14-11-15;;;;/h9,11H,10H2,1-7H3;3*1H3;. The summed E-state index contributed by atoms with van der Waals surface area (Å²) < 4.78 is 10.1. The van der Waals surface area contributed by atoms with Crippen LogP contribution < -0.4 is 3.71 Å². The molecular formula is C16H34N2OSiSn. The number of hydrogen-bond acceptors (Lipinski definition) is 2. The SMILES string of the molecule is CC(C)(Cn1cn[c]([Sn]([CH3])([CH3])[CH3])c1)O[Si](C)(C)C(C)(C)C. The van der Waals surface area contributed by atoms with Crippen LogP contribution >= 0.6 is 0 Å². The summed E-state index contributed by atoms with van der Waals surface area (Å²) in [5.41, 5.74) is -0.158. The molecule has 0 saturated heterocycles. The van der Waals surface area contributed by atoms with E-state index in [4.69, 9.17) is 4.43 Å². The molecule has 0 fully saturated rings. The van der Waals surface area contributed by atoms with Gasteiger partial charge in [0.25, 0.3) is 0 Å². The van der Waals surface area contributed by atoms with Crippen LogP contribution in [0, 0.1) is 0 Å². The molecule has 0 N–H and O–H groups in total. The fourth-order valence-corrected chi connectivity index (χ4v) is 6.75. The van der Waals surface area contributed by atoms with Gasteiger partial charge in [-0.1, -0.05) is 0 Å². The maximum atomic E-state index is 6.60. The van der Waals surface area contributed by atoms with Crippen molar-refractivity contribution >= 4 is 30.4 Å². The number of aromatic nitrogens is 2. The summed E-state index contributed by atoms with van der Waals surface area (Å²) in [5, 5.41) is 0.242. The first-order chi connectivity index (χ1) is 9.14. The van der Waals surface area contributed by atoms with E-state index in [9.17, 15) is 0 Å². The molecule has 1 aromatic rings. The molecule has 0 saturated carbocycles. The number of hydrogen-bond donors (Lipinski definition) is 0. The van der Waals surface area contributed by atoms with Gasteiger partial charge in [0, 0.05) is 0 Å². The van der Waals surface area contributed by atoms with Gasteiger partial charge in [-0.2, -0.15) is 0 Å². The average molecular weight is 417 g/mol. The van der Waals surface area contributed by atoms with Crippen molar-refractivity contribution < 1.29 is 4.43 Å². The predicted molar refractivity (Wildman–Crippen MR) is 97.6 cm³/mol. The Morgan fingerprint density at radius 1 is 1.14 bits per heavy atom. The molecule has 0 atom stereocenters. The van der Waals surface area contributed by atoms with Gasteiger partial charge in [-0.25, -0.2) is 0 Å². The second-order valence-corrected chi connectivity index (χ2v) is 28.3. The van der Waals surface area contributed by atoms with Crippen molar-refractivity contribution in [2.75, 3.05) is 0 Å². The normalized spacial score (nSPS) is 14.6. The minimum atomic E-state index is -2.06. The van der Waals surface area contributed by atoms with Gasteiger partial charge < -0.3 is 0 Å². The molecule has 0 spiro atoms. The minimum absolute atomic E-state index is 0.158. The van der Waals surface area contributed by atoms with Crippen LogP contribution in [0.4, 0.5) is 0 Å². The average Bonchev–Trinajstić information content (AvgIpc) is 2.60. The second kappa shape index (κ2) is 6.00. The van der Waals surface area contributed by atoms with Gasteiger partial charge in [0.2, 0.25) is 0 Å².